The Balaban J connectivity index is 2.57. The van der Waals surface area contributed by atoms with Crippen molar-refractivity contribution in [2.45, 2.75) is 18.9 Å². The van der Waals surface area contributed by atoms with Gasteiger partial charge in [-0.15, -0.1) is 0 Å². The van der Waals surface area contributed by atoms with Gasteiger partial charge in [0.05, 0.1) is 7.11 Å². The number of rotatable bonds is 5. The molecule has 0 heterocycles. The Kier molecular flexibility index (Phi) is 4.43. The van der Waals surface area contributed by atoms with Crippen LogP contribution < -0.4 is 16.2 Å². The van der Waals surface area contributed by atoms with E-state index in [0.717, 1.165) is 24.2 Å². The van der Waals surface area contributed by atoms with Crippen molar-refractivity contribution >= 4 is 0 Å². The van der Waals surface area contributed by atoms with E-state index in [1.165, 1.54) is 0 Å². The van der Waals surface area contributed by atoms with E-state index in [-0.39, 0.29) is 6.04 Å². The molecule has 1 atom stereocenters. The van der Waals surface area contributed by atoms with E-state index < -0.39 is 0 Å². The van der Waals surface area contributed by atoms with Crippen LogP contribution in [0.25, 0.3) is 0 Å². The van der Waals surface area contributed by atoms with Gasteiger partial charge in [-0.25, -0.2) is 0 Å². The summed E-state index contributed by atoms with van der Waals surface area (Å²) in [6.07, 6.45) is 1.90. The zero-order chi connectivity index (χ0) is 10.4. The summed E-state index contributed by atoms with van der Waals surface area (Å²) in [5.41, 5.74) is 12.5. The minimum atomic E-state index is 0.0875. The fourth-order valence-electron chi connectivity index (χ4n) is 1.36. The maximum Gasteiger partial charge on any atom is 0.118 e. The van der Waals surface area contributed by atoms with Gasteiger partial charge in [-0.3, -0.25) is 0 Å². The maximum atomic E-state index is 5.98. The lowest BCUT2D eigenvalue weighted by Crippen LogP contribution is -2.12. The Morgan fingerprint density at radius 1 is 1.29 bits per heavy atom. The molecule has 0 aliphatic carbocycles. The number of hydrogen-bond acceptors (Lipinski definition) is 3. The van der Waals surface area contributed by atoms with Crippen molar-refractivity contribution in [2.24, 2.45) is 11.5 Å². The van der Waals surface area contributed by atoms with E-state index in [4.69, 9.17) is 16.2 Å². The molecule has 3 nitrogen and oxygen atoms in total. The highest BCUT2D eigenvalue weighted by molar-refractivity contribution is 5.28. The van der Waals surface area contributed by atoms with Gasteiger partial charge in [0, 0.05) is 6.04 Å². The molecular formula is C11H18N2O. The van der Waals surface area contributed by atoms with Crippen LogP contribution in [-0.4, -0.2) is 13.7 Å². The Bertz CT molecular complexity index is 258. The molecule has 0 amide bonds. The number of methoxy groups -OCH3 is 1. The highest BCUT2D eigenvalue weighted by Gasteiger charge is 2.04. The number of nitrogens with two attached hydrogens (primary N) is 2. The second kappa shape index (κ2) is 5.62. The maximum absolute atomic E-state index is 5.98. The van der Waals surface area contributed by atoms with Crippen molar-refractivity contribution < 1.29 is 4.74 Å². The van der Waals surface area contributed by atoms with Crippen LogP contribution >= 0.6 is 0 Å². The summed E-state index contributed by atoms with van der Waals surface area (Å²) < 4.78 is 5.07. The first-order valence-corrected chi connectivity index (χ1v) is 4.87. The predicted octanol–water partition coefficient (Wildman–Crippen LogP) is 1.43. The van der Waals surface area contributed by atoms with Gasteiger partial charge >= 0.3 is 0 Å². The largest absolute Gasteiger partial charge is 0.497 e. The summed E-state index contributed by atoms with van der Waals surface area (Å²) in [5, 5.41) is 0. The molecule has 0 aliphatic rings. The van der Waals surface area contributed by atoms with Gasteiger partial charge < -0.3 is 16.2 Å². The molecule has 3 heteroatoms. The first-order valence-electron chi connectivity index (χ1n) is 4.87. The van der Waals surface area contributed by atoms with Crippen LogP contribution in [0.1, 0.15) is 24.4 Å². The van der Waals surface area contributed by atoms with Crippen LogP contribution in [0.4, 0.5) is 0 Å². The van der Waals surface area contributed by atoms with Gasteiger partial charge in [0.2, 0.25) is 0 Å². The third-order valence-corrected chi connectivity index (χ3v) is 2.26. The molecule has 4 N–H and O–H groups in total. The van der Waals surface area contributed by atoms with Crippen LogP contribution in [0.15, 0.2) is 24.3 Å². The number of ether oxygens (including phenoxy) is 1. The molecule has 0 saturated carbocycles. The molecule has 1 aromatic rings. The van der Waals surface area contributed by atoms with E-state index in [0.29, 0.717) is 6.54 Å². The molecule has 0 bridgehead atoms. The lowest BCUT2D eigenvalue weighted by molar-refractivity contribution is 0.414. The molecule has 0 aliphatic heterocycles. The van der Waals surface area contributed by atoms with Crippen molar-refractivity contribution in [2.75, 3.05) is 13.7 Å². The van der Waals surface area contributed by atoms with Crippen molar-refractivity contribution in [1.82, 2.24) is 0 Å². The third-order valence-electron chi connectivity index (χ3n) is 2.26. The van der Waals surface area contributed by atoms with Crippen molar-refractivity contribution in [3.05, 3.63) is 29.8 Å². The number of hydrogen-bond donors (Lipinski definition) is 2. The second-order valence-electron chi connectivity index (χ2n) is 3.31. The highest BCUT2D eigenvalue weighted by atomic mass is 16.5. The smallest absolute Gasteiger partial charge is 0.118 e. The molecule has 0 saturated heterocycles. The van der Waals surface area contributed by atoms with Crippen LogP contribution in [-0.2, 0) is 0 Å². The van der Waals surface area contributed by atoms with Gasteiger partial charge in [0.1, 0.15) is 5.75 Å². The fourth-order valence-corrected chi connectivity index (χ4v) is 1.36. The summed E-state index contributed by atoms with van der Waals surface area (Å²) in [4.78, 5) is 0. The van der Waals surface area contributed by atoms with Gasteiger partial charge in [0.15, 0.2) is 0 Å². The van der Waals surface area contributed by atoms with Gasteiger partial charge in [-0.05, 0) is 37.1 Å². The third kappa shape index (κ3) is 3.01. The molecule has 0 spiro atoms. The monoisotopic (exact) mass is 194 g/mol. The van der Waals surface area contributed by atoms with Crippen LogP contribution in [0.3, 0.4) is 0 Å². The van der Waals surface area contributed by atoms with Gasteiger partial charge in [-0.2, -0.15) is 0 Å². The van der Waals surface area contributed by atoms with Gasteiger partial charge in [-0.1, -0.05) is 12.1 Å². The molecular weight excluding hydrogens is 176 g/mol. The Morgan fingerprint density at radius 3 is 2.43 bits per heavy atom. The summed E-state index contributed by atoms with van der Waals surface area (Å²) in [7, 11) is 1.66. The summed E-state index contributed by atoms with van der Waals surface area (Å²) in [6, 6.07) is 7.94. The Hall–Kier alpha value is -1.06. The van der Waals surface area contributed by atoms with E-state index in [2.05, 4.69) is 0 Å². The Morgan fingerprint density at radius 2 is 1.93 bits per heavy atom. The molecule has 78 valence electrons. The summed E-state index contributed by atoms with van der Waals surface area (Å²) in [6.45, 7) is 0.698. The van der Waals surface area contributed by atoms with Crippen molar-refractivity contribution in [1.29, 1.82) is 0 Å². The van der Waals surface area contributed by atoms with Gasteiger partial charge in [0.25, 0.3) is 0 Å². The van der Waals surface area contributed by atoms with Crippen LogP contribution in [0.5, 0.6) is 5.75 Å². The standard InChI is InChI=1S/C11H18N2O/c1-14-10-6-4-9(5-7-10)11(13)3-2-8-12/h4-7,11H,2-3,8,12-13H2,1H3/t11-/m1/s1. The summed E-state index contributed by atoms with van der Waals surface area (Å²) in [5.74, 6) is 0.861. The number of benzene rings is 1. The second-order valence-corrected chi connectivity index (χ2v) is 3.31. The average Bonchev–Trinajstić information content (AvgIpc) is 2.26. The SMILES string of the molecule is COc1ccc([C@H](N)CCCN)cc1. The van der Waals surface area contributed by atoms with E-state index in [1.807, 2.05) is 24.3 Å². The lowest BCUT2D eigenvalue weighted by Gasteiger charge is -2.11. The Labute approximate surface area is 85.0 Å². The minimum Gasteiger partial charge on any atom is -0.497 e. The lowest BCUT2D eigenvalue weighted by atomic mass is 10.0. The molecule has 0 aromatic heterocycles. The minimum absolute atomic E-state index is 0.0875. The fraction of sp³-hybridized carbons (Fsp3) is 0.455. The van der Waals surface area contributed by atoms with E-state index in [1.54, 1.807) is 7.11 Å². The molecule has 0 fully saturated rings. The van der Waals surface area contributed by atoms with Crippen molar-refractivity contribution in [3.63, 3.8) is 0 Å². The normalized spacial score (nSPS) is 12.5. The van der Waals surface area contributed by atoms with Crippen molar-refractivity contribution in [3.8, 4) is 5.75 Å². The molecule has 1 rings (SSSR count). The first-order chi connectivity index (χ1) is 6.77. The zero-order valence-electron chi connectivity index (χ0n) is 8.57. The predicted molar refractivity (Wildman–Crippen MR) is 58.2 cm³/mol. The zero-order valence-corrected chi connectivity index (χ0v) is 8.57. The first kappa shape index (κ1) is 11.0. The highest BCUT2D eigenvalue weighted by Crippen LogP contribution is 2.18. The van der Waals surface area contributed by atoms with E-state index >= 15 is 0 Å². The van der Waals surface area contributed by atoms with E-state index in [9.17, 15) is 0 Å². The average molecular weight is 194 g/mol. The van der Waals surface area contributed by atoms with Crippen LogP contribution in [0, 0.1) is 0 Å². The molecule has 0 unspecified atom stereocenters. The molecule has 1 aromatic carbocycles. The quantitative estimate of drug-likeness (QED) is 0.745. The topological polar surface area (TPSA) is 61.3 Å². The molecule has 0 radical (unpaired) electrons. The van der Waals surface area contributed by atoms with Crippen LogP contribution in [0.2, 0.25) is 0 Å². The molecule has 14 heavy (non-hydrogen) atoms. The summed E-state index contributed by atoms with van der Waals surface area (Å²) >= 11 is 0.